The van der Waals surface area contributed by atoms with E-state index >= 15 is 0 Å². The average molecular weight is 285 g/mol. The van der Waals surface area contributed by atoms with E-state index in [0.29, 0.717) is 13.0 Å². The smallest absolute Gasteiger partial charge is 0.336 e. The first-order valence-corrected chi connectivity index (χ1v) is 6.90. The number of carbonyl (C=O) groups excluding carboxylic acids is 1. The molecule has 1 fully saturated rings. The van der Waals surface area contributed by atoms with Crippen molar-refractivity contribution < 1.29 is 18.0 Å². The number of likely N-dealkylation sites (tertiary alicyclic amines) is 1. The molecule has 1 aliphatic rings. The molecule has 1 heterocycles. The molecular formula is C15H18F3NO. The summed E-state index contributed by atoms with van der Waals surface area (Å²) in [5.74, 6) is 0.0644. The van der Waals surface area contributed by atoms with Crippen LogP contribution in [0.4, 0.5) is 13.2 Å². The predicted molar refractivity (Wildman–Crippen MR) is 70.0 cm³/mol. The van der Waals surface area contributed by atoms with Gasteiger partial charge in [0.2, 0.25) is 5.91 Å². The first kappa shape index (κ1) is 14.9. The molecule has 0 aliphatic carbocycles. The first-order valence-electron chi connectivity index (χ1n) is 6.90. The van der Waals surface area contributed by atoms with Gasteiger partial charge in [-0.1, -0.05) is 19.1 Å². The Kier molecular flexibility index (Phi) is 4.35. The van der Waals surface area contributed by atoms with Crippen LogP contribution in [0.25, 0.3) is 0 Å². The Balaban J connectivity index is 2.22. The van der Waals surface area contributed by atoms with Crippen LogP contribution in [0.2, 0.25) is 0 Å². The van der Waals surface area contributed by atoms with Crippen LogP contribution < -0.4 is 0 Å². The summed E-state index contributed by atoms with van der Waals surface area (Å²) in [4.78, 5) is 13.7. The summed E-state index contributed by atoms with van der Waals surface area (Å²) >= 11 is 0. The first-order chi connectivity index (χ1) is 9.43. The van der Waals surface area contributed by atoms with Crippen molar-refractivity contribution in [3.05, 3.63) is 35.4 Å². The monoisotopic (exact) mass is 285 g/mol. The second-order valence-corrected chi connectivity index (χ2v) is 5.07. The number of hydrogen-bond donors (Lipinski definition) is 0. The molecule has 0 spiro atoms. The van der Waals surface area contributed by atoms with Crippen molar-refractivity contribution in [2.75, 3.05) is 6.54 Å². The van der Waals surface area contributed by atoms with Crippen LogP contribution in [0.5, 0.6) is 0 Å². The molecule has 0 saturated carbocycles. The molecule has 5 heteroatoms. The van der Waals surface area contributed by atoms with E-state index in [9.17, 15) is 18.0 Å². The Morgan fingerprint density at radius 3 is 2.45 bits per heavy atom. The minimum absolute atomic E-state index is 0.0644. The van der Waals surface area contributed by atoms with Crippen molar-refractivity contribution in [1.82, 2.24) is 4.90 Å². The molecule has 1 aromatic rings. The molecule has 0 bridgehead atoms. The second kappa shape index (κ2) is 5.85. The number of benzene rings is 1. The topological polar surface area (TPSA) is 20.3 Å². The summed E-state index contributed by atoms with van der Waals surface area (Å²) in [6, 6.07) is 5.10. The van der Waals surface area contributed by atoms with Crippen LogP contribution in [0, 0.1) is 0 Å². The van der Waals surface area contributed by atoms with E-state index in [1.165, 1.54) is 12.1 Å². The average Bonchev–Trinajstić information content (AvgIpc) is 2.45. The lowest BCUT2D eigenvalue weighted by Crippen LogP contribution is -2.38. The van der Waals surface area contributed by atoms with Crippen molar-refractivity contribution in [2.24, 2.45) is 0 Å². The van der Waals surface area contributed by atoms with Gasteiger partial charge >= 0.3 is 6.18 Å². The Morgan fingerprint density at radius 1 is 1.25 bits per heavy atom. The normalized spacial score (nSPS) is 20.0. The highest BCUT2D eigenvalue weighted by atomic mass is 19.4. The van der Waals surface area contributed by atoms with Gasteiger partial charge < -0.3 is 4.90 Å². The van der Waals surface area contributed by atoms with Crippen LogP contribution in [-0.2, 0) is 11.0 Å². The van der Waals surface area contributed by atoms with Gasteiger partial charge in [0.05, 0.1) is 11.6 Å². The molecule has 20 heavy (non-hydrogen) atoms. The van der Waals surface area contributed by atoms with E-state index in [2.05, 4.69) is 0 Å². The van der Waals surface area contributed by atoms with Crippen molar-refractivity contribution in [2.45, 2.75) is 44.8 Å². The zero-order valence-corrected chi connectivity index (χ0v) is 11.4. The number of halogens is 3. The van der Waals surface area contributed by atoms with Crippen LogP contribution in [0.3, 0.4) is 0 Å². The number of rotatable bonds is 2. The van der Waals surface area contributed by atoms with E-state index in [1.54, 1.807) is 11.8 Å². The Bertz CT molecular complexity index is 467. The fourth-order valence-electron chi connectivity index (χ4n) is 2.67. The molecule has 1 amide bonds. The number of hydrogen-bond acceptors (Lipinski definition) is 1. The molecule has 1 aliphatic heterocycles. The number of amides is 1. The molecule has 1 atom stereocenters. The lowest BCUT2D eigenvalue weighted by Gasteiger charge is -2.36. The highest BCUT2D eigenvalue weighted by Crippen LogP contribution is 2.34. The maximum absolute atomic E-state index is 12.6. The fourth-order valence-corrected chi connectivity index (χ4v) is 2.67. The SMILES string of the molecule is CCC(=O)N1CCCC[C@H]1c1ccc(C(F)(F)F)cc1. The number of carbonyl (C=O) groups is 1. The molecular weight excluding hydrogens is 267 g/mol. The molecule has 110 valence electrons. The van der Waals surface area contributed by atoms with Crippen LogP contribution in [0.15, 0.2) is 24.3 Å². The zero-order chi connectivity index (χ0) is 14.8. The Hall–Kier alpha value is -1.52. The van der Waals surface area contributed by atoms with Crippen molar-refractivity contribution >= 4 is 5.91 Å². The Morgan fingerprint density at radius 2 is 1.90 bits per heavy atom. The minimum Gasteiger partial charge on any atom is -0.336 e. The molecule has 2 rings (SSSR count). The molecule has 0 unspecified atom stereocenters. The van der Waals surface area contributed by atoms with Crippen LogP contribution in [0.1, 0.15) is 49.8 Å². The predicted octanol–water partition coefficient (Wildman–Crippen LogP) is 4.17. The van der Waals surface area contributed by atoms with Gasteiger partial charge in [0.1, 0.15) is 0 Å². The summed E-state index contributed by atoms with van der Waals surface area (Å²) in [6.07, 6.45) is -1.11. The van der Waals surface area contributed by atoms with E-state index in [-0.39, 0.29) is 11.9 Å². The number of alkyl halides is 3. The summed E-state index contributed by atoms with van der Waals surface area (Å²) in [6.45, 7) is 2.50. The van der Waals surface area contributed by atoms with Crippen molar-refractivity contribution in [3.63, 3.8) is 0 Å². The third-order valence-corrected chi connectivity index (χ3v) is 3.75. The van der Waals surface area contributed by atoms with Gasteiger partial charge in [-0.15, -0.1) is 0 Å². The van der Waals surface area contributed by atoms with E-state index in [1.807, 2.05) is 0 Å². The Labute approximate surface area is 116 Å². The molecule has 2 nitrogen and oxygen atoms in total. The quantitative estimate of drug-likeness (QED) is 0.798. The highest BCUT2D eigenvalue weighted by Gasteiger charge is 2.31. The third-order valence-electron chi connectivity index (χ3n) is 3.75. The summed E-state index contributed by atoms with van der Waals surface area (Å²) < 4.78 is 37.7. The minimum atomic E-state index is -4.32. The van der Waals surface area contributed by atoms with E-state index in [0.717, 1.165) is 37.0 Å². The zero-order valence-electron chi connectivity index (χ0n) is 11.4. The maximum Gasteiger partial charge on any atom is 0.416 e. The van der Waals surface area contributed by atoms with Gasteiger partial charge in [-0.25, -0.2) is 0 Å². The fraction of sp³-hybridized carbons (Fsp3) is 0.533. The summed E-state index contributed by atoms with van der Waals surface area (Å²) in [7, 11) is 0. The van der Waals surface area contributed by atoms with E-state index < -0.39 is 11.7 Å². The lowest BCUT2D eigenvalue weighted by molar-refractivity contribution is -0.138. The third kappa shape index (κ3) is 3.14. The summed E-state index contributed by atoms with van der Waals surface area (Å²) in [5.41, 5.74) is 0.143. The highest BCUT2D eigenvalue weighted by molar-refractivity contribution is 5.76. The van der Waals surface area contributed by atoms with Gasteiger partial charge in [0, 0.05) is 13.0 Å². The van der Waals surface area contributed by atoms with Crippen molar-refractivity contribution in [3.8, 4) is 0 Å². The standard InChI is InChI=1S/C15H18F3NO/c1-2-14(20)19-10-4-3-5-13(19)11-6-8-12(9-7-11)15(16,17)18/h6-9,13H,2-5,10H2,1H3/t13-/m0/s1. The van der Waals surface area contributed by atoms with Gasteiger partial charge in [-0.2, -0.15) is 13.2 Å². The van der Waals surface area contributed by atoms with Gasteiger partial charge in [-0.3, -0.25) is 4.79 Å². The van der Waals surface area contributed by atoms with Crippen LogP contribution >= 0.6 is 0 Å². The lowest BCUT2D eigenvalue weighted by atomic mass is 9.94. The van der Waals surface area contributed by atoms with Crippen LogP contribution in [-0.4, -0.2) is 17.4 Å². The second-order valence-electron chi connectivity index (χ2n) is 5.07. The molecule has 0 N–H and O–H groups in total. The number of nitrogens with zero attached hydrogens (tertiary/aromatic N) is 1. The van der Waals surface area contributed by atoms with Crippen molar-refractivity contribution in [1.29, 1.82) is 0 Å². The number of piperidine rings is 1. The van der Waals surface area contributed by atoms with Gasteiger partial charge in [-0.05, 0) is 37.0 Å². The van der Waals surface area contributed by atoms with Gasteiger partial charge in [0.25, 0.3) is 0 Å². The largest absolute Gasteiger partial charge is 0.416 e. The molecule has 1 saturated heterocycles. The molecule has 0 radical (unpaired) electrons. The van der Waals surface area contributed by atoms with Gasteiger partial charge in [0.15, 0.2) is 0 Å². The van der Waals surface area contributed by atoms with E-state index in [4.69, 9.17) is 0 Å². The molecule has 1 aromatic carbocycles. The summed E-state index contributed by atoms with van der Waals surface area (Å²) in [5, 5.41) is 0. The maximum atomic E-state index is 12.6. The molecule has 0 aromatic heterocycles.